The molecule has 1 atom stereocenters. The molecular weight excluding hydrogens is 278 g/mol. The van der Waals surface area contributed by atoms with Gasteiger partial charge in [-0.1, -0.05) is 37.6 Å². The van der Waals surface area contributed by atoms with Crippen molar-refractivity contribution in [1.82, 2.24) is 5.32 Å². The molecule has 1 aliphatic rings. The highest BCUT2D eigenvalue weighted by Crippen LogP contribution is 2.26. The Labute approximate surface area is 131 Å². The van der Waals surface area contributed by atoms with Crippen molar-refractivity contribution in [2.24, 2.45) is 5.92 Å². The molecule has 1 aromatic carbocycles. The lowest BCUT2D eigenvalue weighted by atomic mass is 10.0. The van der Waals surface area contributed by atoms with Crippen LogP contribution in [-0.2, 0) is 20.7 Å². The molecule has 0 radical (unpaired) electrons. The third-order valence-corrected chi connectivity index (χ3v) is 3.80. The number of hydrogen-bond acceptors (Lipinski definition) is 3. The van der Waals surface area contributed by atoms with E-state index in [9.17, 15) is 9.59 Å². The quantitative estimate of drug-likeness (QED) is 0.851. The first kappa shape index (κ1) is 16.3. The second kappa shape index (κ2) is 6.77. The van der Waals surface area contributed by atoms with Gasteiger partial charge in [-0.25, -0.2) is 4.79 Å². The summed E-state index contributed by atoms with van der Waals surface area (Å²) in [5.41, 5.74) is 4.10. The van der Waals surface area contributed by atoms with Crippen molar-refractivity contribution in [2.45, 2.75) is 39.7 Å². The summed E-state index contributed by atoms with van der Waals surface area (Å²) in [6.45, 7) is 6.05. The Morgan fingerprint density at radius 3 is 2.68 bits per heavy atom. The summed E-state index contributed by atoms with van der Waals surface area (Å²) < 4.78 is 4.78. The number of amides is 1. The first-order chi connectivity index (χ1) is 10.4. The Morgan fingerprint density at radius 1 is 1.32 bits per heavy atom. The molecule has 0 saturated carbocycles. The van der Waals surface area contributed by atoms with Crippen LogP contribution in [0, 0.1) is 12.8 Å². The zero-order valence-electron chi connectivity index (χ0n) is 13.6. The van der Waals surface area contributed by atoms with Crippen LogP contribution >= 0.6 is 0 Å². The Balaban J connectivity index is 2.09. The van der Waals surface area contributed by atoms with E-state index in [-0.39, 0.29) is 5.91 Å². The van der Waals surface area contributed by atoms with Crippen molar-refractivity contribution < 1.29 is 14.3 Å². The predicted molar refractivity (Wildman–Crippen MR) is 86.3 cm³/mol. The van der Waals surface area contributed by atoms with Crippen molar-refractivity contribution in [3.8, 4) is 0 Å². The molecule has 0 unspecified atom stereocenters. The predicted octanol–water partition coefficient (Wildman–Crippen LogP) is 2.64. The fourth-order valence-corrected chi connectivity index (χ4v) is 2.68. The molecule has 0 aromatic heterocycles. The third kappa shape index (κ3) is 3.75. The minimum absolute atomic E-state index is 0.190. The van der Waals surface area contributed by atoms with Crippen LogP contribution in [0.1, 0.15) is 37.0 Å². The molecule has 4 heteroatoms. The van der Waals surface area contributed by atoms with Gasteiger partial charge < -0.3 is 10.1 Å². The summed E-state index contributed by atoms with van der Waals surface area (Å²) in [5, 5.41) is 2.81. The molecule has 1 N–H and O–H groups in total. The second-order valence-corrected chi connectivity index (χ2v) is 6.23. The van der Waals surface area contributed by atoms with Crippen molar-refractivity contribution in [1.29, 1.82) is 0 Å². The van der Waals surface area contributed by atoms with Gasteiger partial charge in [-0.15, -0.1) is 0 Å². The highest BCUT2D eigenvalue weighted by Gasteiger charge is 2.26. The van der Waals surface area contributed by atoms with Gasteiger partial charge in [-0.3, -0.25) is 4.79 Å². The lowest BCUT2D eigenvalue weighted by molar-refractivity contribution is -0.145. The minimum atomic E-state index is -0.594. The van der Waals surface area contributed by atoms with E-state index < -0.39 is 12.0 Å². The number of nitrogens with one attached hydrogen (secondary N) is 1. The third-order valence-electron chi connectivity index (χ3n) is 3.80. The largest absolute Gasteiger partial charge is 0.467 e. The maximum Gasteiger partial charge on any atom is 0.328 e. The molecule has 1 amide bonds. The Kier molecular flexibility index (Phi) is 5.01. The molecule has 1 aliphatic carbocycles. The number of ether oxygens (including phenoxy) is 1. The maximum atomic E-state index is 12.4. The van der Waals surface area contributed by atoms with Crippen molar-refractivity contribution in [3.63, 3.8) is 0 Å². The molecule has 0 heterocycles. The number of carbonyl (C=O) groups is 2. The van der Waals surface area contributed by atoms with Crippen molar-refractivity contribution >= 4 is 18.0 Å². The van der Waals surface area contributed by atoms with Crippen LogP contribution in [0.2, 0.25) is 0 Å². The normalized spacial score (nSPS) is 14.3. The van der Waals surface area contributed by atoms with Crippen LogP contribution in [0.3, 0.4) is 0 Å². The van der Waals surface area contributed by atoms with Gasteiger partial charge in [0, 0.05) is 12.0 Å². The Morgan fingerprint density at radius 2 is 2.05 bits per heavy atom. The van der Waals surface area contributed by atoms with E-state index in [4.69, 9.17) is 4.74 Å². The van der Waals surface area contributed by atoms with E-state index in [1.165, 1.54) is 12.7 Å². The average molecular weight is 301 g/mol. The van der Waals surface area contributed by atoms with E-state index >= 15 is 0 Å². The smallest absolute Gasteiger partial charge is 0.328 e. The summed E-state index contributed by atoms with van der Waals surface area (Å²) in [7, 11) is 1.34. The molecule has 2 rings (SSSR count). The fraction of sp³-hybridized carbons (Fsp3) is 0.444. The van der Waals surface area contributed by atoms with Crippen LogP contribution in [-0.4, -0.2) is 25.0 Å². The van der Waals surface area contributed by atoms with E-state index in [1.807, 2.05) is 39.0 Å². The highest BCUT2D eigenvalue weighted by molar-refractivity contribution is 6.02. The van der Waals surface area contributed by atoms with E-state index in [0.717, 1.165) is 11.1 Å². The van der Waals surface area contributed by atoms with Gasteiger partial charge in [0.2, 0.25) is 5.91 Å². The molecule has 0 aliphatic heterocycles. The number of rotatable bonds is 5. The summed E-state index contributed by atoms with van der Waals surface area (Å²) in [4.78, 5) is 24.2. The Hall–Kier alpha value is -2.10. The SMILES string of the molecule is COC(=O)[C@@H](CC(C)C)NC(=O)C1=Cc2cc(C)ccc2C1. The lowest BCUT2D eigenvalue weighted by Gasteiger charge is -2.18. The van der Waals surface area contributed by atoms with Gasteiger partial charge in [0.1, 0.15) is 6.04 Å². The molecule has 22 heavy (non-hydrogen) atoms. The summed E-state index contributed by atoms with van der Waals surface area (Å²) >= 11 is 0. The number of hydrogen-bond donors (Lipinski definition) is 1. The van der Waals surface area contributed by atoms with Crippen LogP contribution < -0.4 is 5.32 Å². The second-order valence-electron chi connectivity index (χ2n) is 6.23. The topological polar surface area (TPSA) is 55.4 Å². The summed E-state index contributed by atoms with van der Waals surface area (Å²) in [6.07, 6.45) is 3.08. The molecule has 0 bridgehead atoms. The molecular formula is C18H23NO3. The van der Waals surface area contributed by atoms with Gasteiger partial charge in [0.15, 0.2) is 0 Å². The molecule has 0 saturated heterocycles. The zero-order chi connectivity index (χ0) is 16.3. The molecule has 118 valence electrons. The standard InChI is InChI=1S/C18H23NO3/c1-11(2)7-16(18(21)22-4)19-17(20)15-9-13-6-5-12(3)8-14(13)10-15/h5-6,8,10-11,16H,7,9H2,1-4H3,(H,19,20)/t16-/m1/s1. The van der Waals surface area contributed by atoms with Gasteiger partial charge in [-0.05, 0) is 36.5 Å². The molecule has 4 nitrogen and oxygen atoms in total. The zero-order valence-corrected chi connectivity index (χ0v) is 13.6. The number of esters is 1. The molecule has 1 aromatic rings. The van der Waals surface area contributed by atoms with E-state index in [2.05, 4.69) is 11.4 Å². The maximum absolute atomic E-state index is 12.4. The van der Waals surface area contributed by atoms with Gasteiger partial charge in [-0.2, -0.15) is 0 Å². The number of methoxy groups -OCH3 is 1. The number of benzene rings is 1. The monoisotopic (exact) mass is 301 g/mol. The van der Waals surface area contributed by atoms with Crippen LogP contribution in [0.5, 0.6) is 0 Å². The molecule has 0 fully saturated rings. The minimum Gasteiger partial charge on any atom is -0.467 e. The lowest BCUT2D eigenvalue weighted by Crippen LogP contribution is -2.43. The summed E-state index contributed by atoms with van der Waals surface area (Å²) in [5.74, 6) is -0.291. The van der Waals surface area contributed by atoms with Crippen LogP contribution in [0.4, 0.5) is 0 Å². The fourth-order valence-electron chi connectivity index (χ4n) is 2.68. The number of fused-ring (bicyclic) bond motifs is 1. The van der Waals surface area contributed by atoms with Crippen LogP contribution in [0.15, 0.2) is 23.8 Å². The highest BCUT2D eigenvalue weighted by atomic mass is 16.5. The molecule has 0 spiro atoms. The van der Waals surface area contributed by atoms with Gasteiger partial charge >= 0.3 is 5.97 Å². The average Bonchev–Trinajstić information content (AvgIpc) is 2.88. The number of carbonyl (C=O) groups excluding carboxylic acids is 2. The van der Waals surface area contributed by atoms with Crippen LogP contribution in [0.25, 0.3) is 6.08 Å². The number of aryl methyl sites for hydroxylation is 1. The van der Waals surface area contributed by atoms with Gasteiger partial charge in [0.05, 0.1) is 7.11 Å². The van der Waals surface area contributed by atoms with E-state index in [1.54, 1.807) is 0 Å². The first-order valence-electron chi connectivity index (χ1n) is 7.59. The van der Waals surface area contributed by atoms with Crippen molar-refractivity contribution in [2.75, 3.05) is 7.11 Å². The van der Waals surface area contributed by atoms with Gasteiger partial charge in [0.25, 0.3) is 0 Å². The van der Waals surface area contributed by atoms with Crippen molar-refractivity contribution in [3.05, 3.63) is 40.5 Å². The van der Waals surface area contributed by atoms with E-state index in [0.29, 0.717) is 24.3 Å². The Bertz CT molecular complexity index is 617. The first-order valence-corrected chi connectivity index (χ1v) is 7.59. The summed E-state index contributed by atoms with van der Waals surface area (Å²) in [6, 6.07) is 5.57.